The highest BCUT2D eigenvalue weighted by atomic mass is 32.2. The van der Waals surface area contributed by atoms with E-state index in [0.29, 0.717) is 23.8 Å². The number of para-hydroxylation sites is 2. The molecule has 0 radical (unpaired) electrons. The molecule has 0 aliphatic heterocycles. The lowest BCUT2D eigenvalue weighted by Gasteiger charge is -2.08. The van der Waals surface area contributed by atoms with Gasteiger partial charge in [0.05, 0.1) is 22.2 Å². The Bertz CT molecular complexity index is 584. The van der Waals surface area contributed by atoms with Crippen LogP contribution in [0.25, 0.3) is 0 Å². The average Bonchev–Trinajstić information content (AvgIpc) is 2.41. The molecule has 0 aliphatic rings. The van der Waals surface area contributed by atoms with Crippen LogP contribution in [-0.4, -0.2) is 16.6 Å². The first-order valence-corrected chi connectivity index (χ1v) is 7.41. The van der Waals surface area contributed by atoms with Crippen molar-refractivity contribution >= 4 is 16.5 Å². The molecule has 0 aliphatic carbocycles. The van der Waals surface area contributed by atoms with E-state index in [1.54, 1.807) is 6.07 Å². The van der Waals surface area contributed by atoms with Crippen molar-refractivity contribution in [2.75, 3.05) is 18.1 Å². The van der Waals surface area contributed by atoms with E-state index < -0.39 is 10.8 Å². The van der Waals surface area contributed by atoms with Gasteiger partial charge in [0.1, 0.15) is 12.4 Å². The van der Waals surface area contributed by atoms with Crippen LogP contribution < -0.4 is 10.5 Å². The number of hydrogen-bond donors (Lipinski definition) is 1. The van der Waals surface area contributed by atoms with Gasteiger partial charge in [-0.25, -0.2) is 0 Å². The summed E-state index contributed by atoms with van der Waals surface area (Å²) in [6.07, 6.45) is 0. The lowest BCUT2D eigenvalue weighted by molar-refractivity contribution is 0.344. The molecule has 2 rings (SSSR count). The van der Waals surface area contributed by atoms with Crippen LogP contribution in [0.2, 0.25) is 0 Å². The number of benzene rings is 2. The van der Waals surface area contributed by atoms with Gasteiger partial charge in [0.15, 0.2) is 0 Å². The average molecular weight is 275 g/mol. The van der Waals surface area contributed by atoms with Crippen LogP contribution in [0, 0.1) is 6.92 Å². The molecule has 0 aromatic heterocycles. The standard InChI is InChI=1S/C15H17NO2S/c1-12-5-4-6-13(11-12)19(17)10-9-18-15-8-3-2-7-14(15)16/h2-8,11H,9-10,16H2,1H3. The molecule has 19 heavy (non-hydrogen) atoms. The highest BCUT2D eigenvalue weighted by Crippen LogP contribution is 2.19. The highest BCUT2D eigenvalue weighted by molar-refractivity contribution is 7.85. The number of rotatable bonds is 5. The fourth-order valence-electron chi connectivity index (χ4n) is 1.71. The van der Waals surface area contributed by atoms with Crippen LogP contribution in [-0.2, 0) is 10.8 Å². The summed E-state index contributed by atoms with van der Waals surface area (Å²) in [5.74, 6) is 1.10. The number of hydrogen-bond acceptors (Lipinski definition) is 3. The summed E-state index contributed by atoms with van der Waals surface area (Å²) in [5, 5.41) is 0. The predicted molar refractivity (Wildman–Crippen MR) is 78.8 cm³/mol. The zero-order chi connectivity index (χ0) is 13.7. The van der Waals surface area contributed by atoms with Crippen LogP contribution in [0.1, 0.15) is 5.56 Å². The van der Waals surface area contributed by atoms with Crippen molar-refractivity contribution in [3.63, 3.8) is 0 Å². The maximum Gasteiger partial charge on any atom is 0.142 e. The third-order valence-corrected chi connectivity index (χ3v) is 4.01. The molecule has 0 saturated carbocycles. The van der Waals surface area contributed by atoms with Gasteiger partial charge < -0.3 is 10.5 Å². The van der Waals surface area contributed by atoms with Crippen molar-refractivity contribution in [1.29, 1.82) is 0 Å². The van der Waals surface area contributed by atoms with Gasteiger partial charge in [-0.15, -0.1) is 0 Å². The molecule has 2 N–H and O–H groups in total. The number of aryl methyl sites for hydroxylation is 1. The Balaban J connectivity index is 1.90. The predicted octanol–water partition coefficient (Wildman–Crippen LogP) is 2.76. The van der Waals surface area contributed by atoms with Gasteiger partial charge in [-0.3, -0.25) is 4.21 Å². The largest absolute Gasteiger partial charge is 0.490 e. The van der Waals surface area contributed by atoms with Crippen molar-refractivity contribution < 1.29 is 8.95 Å². The van der Waals surface area contributed by atoms with E-state index in [0.717, 1.165) is 10.5 Å². The first-order chi connectivity index (χ1) is 9.16. The normalized spacial score (nSPS) is 12.1. The second kappa shape index (κ2) is 6.38. The Morgan fingerprint density at radius 2 is 1.95 bits per heavy atom. The quantitative estimate of drug-likeness (QED) is 0.854. The van der Waals surface area contributed by atoms with Crippen molar-refractivity contribution in [3.8, 4) is 5.75 Å². The van der Waals surface area contributed by atoms with Gasteiger partial charge in [-0.1, -0.05) is 24.3 Å². The lowest BCUT2D eigenvalue weighted by Crippen LogP contribution is -2.09. The van der Waals surface area contributed by atoms with Gasteiger partial charge in [0.25, 0.3) is 0 Å². The smallest absolute Gasteiger partial charge is 0.142 e. The lowest BCUT2D eigenvalue weighted by atomic mass is 10.2. The summed E-state index contributed by atoms with van der Waals surface area (Å²) in [6.45, 7) is 2.37. The molecule has 1 atom stereocenters. The minimum atomic E-state index is -1.04. The van der Waals surface area contributed by atoms with Crippen molar-refractivity contribution in [2.45, 2.75) is 11.8 Å². The molecule has 0 saturated heterocycles. The van der Waals surface area contributed by atoms with E-state index in [2.05, 4.69) is 0 Å². The number of nitrogen functional groups attached to an aromatic ring is 1. The van der Waals surface area contributed by atoms with Gasteiger partial charge in [0, 0.05) is 4.90 Å². The second-order valence-corrected chi connectivity index (χ2v) is 5.82. The zero-order valence-electron chi connectivity index (χ0n) is 10.8. The molecule has 0 amide bonds. The summed E-state index contributed by atoms with van der Waals surface area (Å²) in [4.78, 5) is 0.838. The van der Waals surface area contributed by atoms with E-state index in [1.807, 2.05) is 49.4 Å². The summed E-state index contributed by atoms with van der Waals surface area (Å²) in [6, 6.07) is 15.0. The first-order valence-electron chi connectivity index (χ1n) is 6.09. The van der Waals surface area contributed by atoms with Crippen molar-refractivity contribution in [1.82, 2.24) is 0 Å². The Labute approximate surface area is 115 Å². The maximum atomic E-state index is 12.1. The topological polar surface area (TPSA) is 52.3 Å². The van der Waals surface area contributed by atoms with Gasteiger partial charge >= 0.3 is 0 Å². The molecule has 1 unspecified atom stereocenters. The third-order valence-electron chi connectivity index (χ3n) is 2.70. The summed E-state index contributed by atoms with van der Waals surface area (Å²) >= 11 is 0. The molecule has 0 spiro atoms. The van der Waals surface area contributed by atoms with Crippen LogP contribution in [0.5, 0.6) is 5.75 Å². The van der Waals surface area contributed by atoms with Crippen LogP contribution in [0.15, 0.2) is 53.4 Å². The highest BCUT2D eigenvalue weighted by Gasteiger charge is 2.05. The monoisotopic (exact) mass is 275 g/mol. The SMILES string of the molecule is Cc1cccc(S(=O)CCOc2ccccc2N)c1. The summed E-state index contributed by atoms with van der Waals surface area (Å²) in [7, 11) is -1.04. The molecular formula is C15H17NO2S. The van der Waals surface area contributed by atoms with Crippen molar-refractivity contribution in [3.05, 3.63) is 54.1 Å². The number of ether oxygens (including phenoxy) is 1. The fraction of sp³-hybridized carbons (Fsp3) is 0.200. The van der Waals surface area contributed by atoms with E-state index in [1.165, 1.54) is 0 Å². The zero-order valence-corrected chi connectivity index (χ0v) is 11.7. The van der Waals surface area contributed by atoms with E-state index in [9.17, 15) is 4.21 Å². The van der Waals surface area contributed by atoms with Gasteiger partial charge in [-0.05, 0) is 36.8 Å². The van der Waals surface area contributed by atoms with Crippen LogP contribution in [0.4, 0.5) is 5.69 Å². The Morgan fingerprint density at radius 1 is 1.16 bits per heavy atom. The molecule has 0 heterocycles. The maximum absolute atomic E-state index is 12.1. The molecule has 4 heteroatoms. The van der Waals surface area contributed by atoms with E-state index in [4.69, 9.17) is 10.5 Å². The van der Waals surface area contributed by atoms with E-state index in [-0.39, 0.29) is 0 Å². The minimum Gasteiger partial charge on any atom is -0.490 e. The number of anilines is 1. The van der Waals surface area contributed by atoms with Gasteiger partial charge in [0.2, 0.25) is 0 Å². The first kappa shape index (κ1) is 13.6. The van der Waals surface area contributed by atoms with Crippen molar-refractivity contribution in [2.24, 2.45) is 0 Å². The molecule has 0 bridgehead atoms. The van der Waals surface area contributed by atoms with E-state index >= 15 is 0 Å². The summed E-state index contributed by atoms with van der Waals surface area (Å²) in [5.41, 5.74) is 7.48. The Hall–Kier alpha value is -1.81. The number of nitrogens with two attached hydrogens (primary N) is 1. The molecular weight excluding hydrogens is 258 g/mol. The molecule has 3 nitrogen and oxygen atoms in total. The molecule has 100 valence electrons. The molecule has 2 aromatic rings. The Morgan fingerprint density at radius 3 is 2.68 bits per heavy atom. The fourth-order valence-corrected chi connectivity index (χ4v) is 2.73. The summed E-state index contributed by atoms with van der Waals surface area (Å²) < 4.78 is 17.6. The minimum absolute atomic E-state index is 0.384. The Kier molecular flexibility index (Phi) is 4.58. The second-order valence-electron chi connectivity index (χ2n) is 4.25. The van der Waals surface area contributed by atoms with Crippen LogP contribution >= 0.6 is 0 Å². The van der Waals surface area contributed by atoms with Gasteiger partial charge in [-0.2, -0.15) is 0 Å². The molecule has 0 fully saturated rings. The van der Waals surface area contributed by atoms with Crippen LogP contribution in [0.3, 0.4) is 0 Å². The third kappa shape index (κ3) is 3.83. The molecule has 2 aromatic carbocycles.